The monoisotopic (exact) mass is 158 g/mol. The Morgan fingerprint density at radius 2 is 2.18 bits per heavy atom. The third-order valence-corrected chi connectivity index (χ3v) is 1.06. The van der Waals surface area contributed by atoms with Crippen molar-refractivity contribution in [3.05, 3.63) is 11.8 Å². The maximum Gasteiger partial charge on any atom is 0.336 e. The van der Waals surface area contributed by atoms with Crippen molar-refractivity contribution in [3.63, 3.8) is 0 Å². The molecule has 0 bridgehead atoms. The summed E-state index contributed by atoms with van der Waals surface area (Å²) in [6, 6.07) is 0. The first-order valence-electron chi connectivity index (χ1n) is 3.56. The molecular weight excluding hydrogens is 144 g/mol. The molecule has 0 atom stereocenters. The first kappa shape index (κ1) is 10.0. The second kappa shape index (κ2) is 4.77. The first-order valence-corrected chi connectivity index (χ1v) is 3.56. The number of hydrogen-bond donors (Lipinski definition) is 1. The van der Waals surface area contributed by atoms with Gasteiger partial charge in [0.05, 0.1) is 18.4 Å². The van der Waals surface area contributed by atoms with E-state index in [1.165, 1.54) is 6.92 Å². The molecule has 0 fully saturated rings. The Bertz CT molecular complexity index is 159. The number of aliphatic hydroxyl groups is 1. The lowest BCUT2D eigenvalue weighted by atomic mass is 10.2. The van der Waals surface area contributed by atoms with Gasteiger partial charge < -0.3 is 9.84 Å². The molecule has 0 aromatic rings. The zero-order valence-electron chi connectivity index (χ0n) is 7.13. The van der Waals surface area contributed by atoms with Crippen LogP contribution in [0.15, 0.2) is 11.8 Å². The van der Waals surface area contributed by atoms with Crippen LogP contribution in [0.25, 0.3) is 0 Å². The van der Waals surface area contributed by atoms with Gasteiger partial charge >= 0.3 is 5.97 Å². The number of ether oxygens (including phenoxy) is 1. The highest BCUT2D eigenvalue weighted by atomic mass is 16.5. The summed E-state index contributed by atoms with van der Waals surface area (Å²) < 4.78 is 4.79. The number of carbonyl (C=O) groups excluding carboxylic acids is 1. The van der Waals surface area contributed by atoms with E-state index in [0.29, 0.717) is 12.5 Å². The number of rotatable bonds is 3. The van der Waals surface area contributed by atoms with E-state index in [9.17, 15) is 4.79 Å². The highest BCUT2D eigenvalue weighted by molar-refractivity contribution is 5.87. The molecule has 0 spiro atoms. The van der Waals surface area contributed by atoms with Crippen molar-refractivity contribution >= 4 is 5.97 Å². The standard InChI is InChI=1S/C8H14O3/c1-6(2)5-11-8(10)7(3)4-9/h4,6,9H,5H2,1-3H3/b7-4+. The lowest BCUT2D eigenvalue weighted by Gasteiger charge is -2.05. The van der Waals surface area contributed by atoms with Crippen LogP contribution in [0.5, 0.6) is 0 Å². The summed E-state index contributed by atoms with van der Waals surface area (Å²) in [6.45, 7) is 5.79. The van der Waals surface area contributed by atoms with Crippen LogP contribution in [0.3, 0.4) is 0 Å². The van der Waals surface area contributed by atoms with Crippen LogP contribution < -0.4 is 0 Å². The number of carbonyl (C=O) groups is 1. The fraction of sp³-hybridized carbons (Fsp3) is 0.625. The molecule has 3 heteroatoms. The summed E-state index contributed by atoms with van der Waals surface area (Å²) in [4.78, 5) is 10.8. The topological polar surface area (TPSA) is 46.5 Å². The Morgan fingerprint density at radius 3 is 2.55 bits per heavy atom. The molecule has 1 N–H and O–H groups in total. The van der Waals surface area contributed by atoms with E-state index >= 15 is 0 Å². The van der Waals surface area contributed by atoms with Gasteiger partial charge in [0.25, 0.3) is 0 Å². The van der Waals surface area contributed by atoms with Crippen LogP contribution in [0.1, 0.15) is 20.8 Å². The molecule has 0 radical (unpaired) electrons. The van der Waals surface area contributed by atoms with E-state index in [1.54, 1.807) is 0 Å². The van der Waals surface area contributed by atoms with Crippen LogP contribution in [-0.4, -0.2) is 17.7 Å². The van der Waals surface area contributed by atoms with Gasteiger partial charge in [0.15, 0.2) is 0 Å². The van der Waals surface area contributed by atoms with Crippen molar-refractivity contribution in [2.45, 2.75) is 20.8 Å². The van der Waals surface area contributed by atoms with Crippen molar-refractivity contribution in [2.75, 3.05) is 6.61 Å². The zero-order chi connectivity index (χ0) is 8.85. The lowest BCUT2D eigenvalue weighted by Crippen LogP contribution is -2.10. The summed E-state index contributed by atoms with van der Waals surface area (Å²) in [5, 5.41) is 8.41. The highest BCUT2D eigenvalue weighted by Crippen LogP contribution is 1.98. The Hall–Kier alpha value is -0.990. The van der Waals surface area contributed by atoms with Gasteiger partial charge in [-0.3, -0.25) is 0 Å². The number of aliphatic hydroxyl groups excluding tert-OH is 1. The summed E-state index contributed by atoms with van der Waals surface area (Å²) >= 11 is 0. The number of esters is 1. The molecular formula is C8H14O3. The van der Waals surface area contributed by atoms with Crippen molar-refractivity contribution in [1.29, 1.82) is 0 Å². The van der Waals surface area contributed by atoms with Crippen molar-refractivity contribution in [2.24, 2.45) is 5.92 Å². The van der Waals surface area contributed by atoms with E-state index in [-0.39, 0.29) is 5.57 Å². The molecule has 0 amide bonds. The quantitative estimate of drug-likeness (QED) is 0.386. The lowest BCUT2D eigenvalue weighted by molar-refractivity contribution is -0.140. The molecule has 3 nitrogen and oxygen atoms in total. The van der Waals surface area contributed by atoms with Gasteiger partial charge in [-0.15, -0.1) is 0 Å². The Labute approximate surface area is 66.7 Å². The molecule has 0 rings (SSSR count). The van der Waals surface area contributed by atoms with Crippen LogP contribution in [0, 0.1) is 5.92 Å². The van der Waals surface area contributed by atoms with Gasteiger partial charge in [0.2, 0.25) is 0 Å². The Kier molecular flexibility index (Phi) is 4.34. The fourth-order valence-electron chi connectivity index (χ4n) is 0.409. The van der Waals surface area contributed by atoms with E-state index < -0.39 is 5.97 Å². The molecule has 0 aromatic heterocycles. The highest BCUT2D eigenvalue weighted by Gasteiger charge is 2.05. The van der Waals surface area contributed by atoms with Crippen molar-refractivity contribution in [1.82, 2.24) is 0 Å². The summed E-state index contributed by atoms with van der Waals surface area (Å²) in [5.41, 5.74) is 0.227. The fourth-order valence-corrected chi connectivity index (χ4v) is 0.409. The molecule has 0 saturated carbocycles. The first-order chi connectivity index (χ1) is 5.07. The minimum atomic E-state index is -0.457. The van der Waals surface area contributed by atoms with E-state index in [4.69, 9.17) is 9.84 Å². The molecule has 0 unspecified atom stereocenters. The van der Waals surface area contributed by atoms with Crippen LogP contribution in [0.2, 0.25) is 0 Å². The van der Waals surface area contributed by atoms with Gasteiger partial charge in [-0.25, -0.2) is 4.79 Å². The molecule has 0 aromatic carbocycles. The molecule has 0 saturated heterocycles. The molecule has 11 heavy (non-hydrogen) atoms. The van der Waals surface area contributed by atoms with Crippen LogP contribution >= 0.6 is 0 Å². The van der Waals surface area contributed by atoms with Crippen molar-refractivity contribution < 1.29 is 14.6 Å². The molecule has 0 aliphatic rings. The zero-order valence-corrected chi connectivity index (χ0v) is 7.13. The maximum absolute atomic E-state index is 10.8. The van der Waals surface area contributed by atoms with Gasteiger partial charge in [-0.05, 0) is 12.8 Å². The predicted molar refractivity (Wildman–Crippen MR) is 42.2 cm³/mol. The molecule has 0 aliphatic carbocycles. The van der Waals surface area contributed by atoms with Crippen LogP contribution in [-0.2, 0) is 9.53 Å². The van der Waals surface area contributed by atoms with Crippen LogP contribution in [0.4, 0.5) is 0 Å². The largest absolute Gasteiger partial charge is 0.515 e. The third kappa shape index (κ3) is 4.42. The van der Waals surface area contributed by atoms with Gasteiger partial charge in [0, 0.05) is 0 Å². The van der Waals surface area contributed by atoms with E-state index in [0.717, 1.165) is 6.26 Å². The summed E-state index contributed by atoms with van der Waals surface area (Å²) in [5.74, 6) is -0.133. The average Bonchev–Trinajstić information content (AvgIpc) is 1.98. The Balaban J connectivity index is 3.71. The summed E-state index contributed by atoms with van der Waals surface area (Å²) in [6.07, 6.45) is 0.753. The SMILES string of the molecule is C/C(=C\O)C(=O)OCC(C)C. The minimum Gasteiger partial charge on any atom is -0.515 e. The normalized spacial score (nSPS) is 11.8. The predicted octanol–water partition coefficient (Wildman–Crippen LogP) is 1.65. The summed E-state index contributed by atoms with van der Waals surface area (Å²) in [7, 11) is 0. The smallest absolute Gasteiger partial charge is 0.336 e. The van der Waals surface area contributed by atoms with E-state index in [2.05, 4.69) is 0 Å². The van der Waals surface area contributed by atoms with Gasteiger partial charge in [-0.2, -0.15) is 0 Å². The second-order valence-electron chi connectivity index (χ2n) is 2.80. The number of hydrogen-bond acceptors (Lipinski definition) is 3. The maximum atomic E-state index is 10.8. The average molecular weight is 158 g/mol. The minimum absolute atomic E-state index is 0.227. The van der Waals surface area contributed by atoms with Gasteiger partial charge in [0.1, 0.15) is 0 Å². The van der Waals surface area contributed by atoms with E-state index in [1.807, 2.05) is 13.8 Å². The molecule has 64 valence electrons. The third-order valence-electron chi connectivity index (χ3n) is 1.06. The molecule has 0 heterocycles. The van der Waals surface area contributed by atoms with Gasteiger partial charge in [-0.1, -0.05) is 13.8 Å². The Morgan fingerprint density at radius 1 is 1.64 bits per heavy atom. The molecule has 0 aliphatic heterocycles. The van der Waals surface area contributed by atoms with Crippen molar-refractivity contribution in [3.8, 4) is 0 Å². The second-order valence-corrected chi connectivity index (χ2v) is 2.80.